The Hall–Kier alpha value is -1.72. The van der Waals surface area contributed by atoms with Crippen molar-refractivity contribution in [3.8, 4) is 0 Å². The lowest BCUT2D eigenvalue weighted by atomic mass is 9.79. The Morgan fingerprint density at radius 2 is 1.96 bits per heavy atom. The van der Waals surface area contributed by atoms with Crippen LogP contribution in [0.2, 0.25) is 0 Å². The van der Waals surface area contributed by atoms with Gasteiger partial charge in [0.1, 0.15) is 0 Å². The van der Waals surface area contributed by atoms with Crippen LogP contribution in [-0.4, -0.2) is 50.7 Å². The average Bonchev–Trinajstić information content (AvgIpc) is 3.06. The van der Waals surface area contributed by atoms with Crippen molar-refractivity contribution in [1.82, 2.24) is 24.6 Å². The van der Waals surface area contributed by atoms with Gasteiger partial charge >= 0.3 is 0 Å². The molecule has 2 aliphatic rings. The fourth-order valence-electron chi connectivity index (χ4n) is 4.16. The van der Waals surface area contributed by atoms with Gasteiger partial charge in [-0.2, -0.15) is 5.10 Å². The molecule has 2 aromatic heterocycles. The number of likely N-dealkylation sites (tertiary alicyclic amines) is 2. The molecule has 0 N–H and O–H groups in total. The fourth-order valence-corrected chi connectivity index (χ4v) is 4.16. The summed E-state index contributed by atoms with van der Waals surface area (Å²) in [6.45, 7) is 8.96. The van der Waals surface area contributed by atoms with Crippen LogP contribution in [-0.2, 0) is 20.1 Å². The largest absolute Gasteiger partial charge is 0.298 e. The molecule has 0 saturated carbocycles. The van der Waals surface area contributed by atoms with Gasteiger partial charge in [-0.3, -0.25) is 19.5 Å². The normalized spacial score (nSPS) is 21.0. The van der Waals surface area contributed by atoms with Crippen molar-refractivity contribution < 1.29 is 0 Å². The van der Waals surface area contributed by atoms with E-state index in [2.05, 4.69) is 51.2 Å². The van der Waals surface area contributed by atoms with E-state index in [0.717, 1.165) is 18.8 Å². The highest BCUT2D eigenvalue weighted by atomic mass is 15.3. The smallest absolute Gasteiger partial charge is 0.0547 e. The number of pyridine rings is 1. The van der Waals surface area contributed by atoms with Gasteiger partial charge in [0.25, 0.3) is 0 Å². The molecule has 2 aromatic rings. The highest BCUT2D eigenvalue weighted by molar-refractivity contribution is 5.12. The minimum atomic E-state index is 0.520. The second kappa shape index (κ2) is 5.73. The van der Waals surface area contributed by atoms with Gasteiger partial charge in [0, 0.05) is 62.6 Å². The molecule has 5 nitrogen and oxygen atoms in total. The number of hydrogen-bond donors (Lipinski definition) is 0. The Balaban J connectivity index is 1.29. The summed E-state index contributed by atoms with van der Waals surface area (Å²) < 4.78 is 1.89. The SMILES string of the molecule is Cc1cccc(CN2CC3(CCN(Cc4cnn(C)c4)C3)C2)n1. The molecule has 0 atom stereocenters. The van der Waals surface area contributed by atoms with E-state index in [1.54, 1.807) is 0 Å². The van der Waals surface area contributed by atoms with Crippen LogP contribution in [0.5, 0.6) is 0 Å². The van der Waals surface area contributed by atoms with E-state index in [0.29, 0.717) is 5.41 Å². The first kappa shape index (κ1) is 14.8. The average molecular weight is 311 g/mol. The minimum Gasteiger partial charge on any atom is -0.298 e. The third-order valence-corrected chi connectivity index (χ3v) is 5.13. The summed E-state index contributed by atoms with van der Waals surface area (Å²) in [5.41, 5.74) is 4.16. The zero-order chi connectivity index (χ0) is 15.9. The molecule has 2 fully saturated rings. The molecule has 2 aliphatic heterocycles. The molecule has 0 bridgehead atoms. The molecule has 2 saturated heterocycles. The zero-order valence-corrected chi connectivity index (χ0v) is 14.1. The second-order valence-electron chi connectivity index (χ2n) is 7.40. The van der Waals surface area contributed by atoms with Crippen LogP contribution in [0.25, 0.3) is 0 Å². The van der Waals surface area contributed by atoms with Crippen molar-refractivity contribution in [3.05, 3.63) is 47.5 Å². The summed E-state index contributed by atoms with van der Waals surface area (Å²) >= 11 is 0. The van der Waals surface area contributed by atoms with Crippen LogP contribution in [0.3, 0.4) is 0 Å². The lowest BCUT2D eigenvalue weighted by Gasteiger charge is -2.48. The van der Waals surface area contributed by atoms with Gasteiger partial charge in [-0.25, -0.2) is 0 Å². The highest BCUT2D eigenvalue weighted by Gasteiger charge is 2.47. The quantitative estimate of drug-likeness (QED) is 0.863. The van der Waals surface area contributed by atoms with E-state index in [4.69, 9.17) is 0 Å². The highest BCUT2D eigenvalue weighted by Crippen LogP contribution is 2.40. The first-order valence-corrected chi connectivity index (χ1v) is 8.45. The Morgan fingerprint density at radius 3 is 2.70 bits per heavy atom. The second-order valence-corrected chi connectivity index (χ2v) is 7.40. The topological polar surface area (TPSA) is 37.2 Å². The molecular weight excluding hydrogens is 286 g/mol. The van der Waals surface area contributed by atoms with Gasteiger partial charge < -0.3 is 0 Å². The number of rotatable bonds is 4. The lowest BCUT2D eigenvalue weighted by Crippen LogP contribution is -2.56. The first-order chi connectivity index (χ1) is 11.1. The van der Waals surface area contributed by atoms with E-state index in [1.807, 2.05) is 17.9 Å². The maximum atomic E-state index is 4.62. The maximum absolute atomic E-state index is 4.62. The van der Waals surface area contributed by atoms with Crippen LogP contribution in [0, 0.1) is 12.3 Å². The molecule has 0 aliphatic carbocycles. The van der Waals surface area contributed by atoms with Crippen molar-refractivity contribution in [3.63, 3.8) is 0 Å². The molecule has 5 heteroatoms. The minimum absolute atomic E-state index is 0.520. The monoisotopic (exact) mass is 311 g/mol. The third-order valence-electron chi connectivity index (χ3n) is 5.13. The van der Waals surface area contributed by atoms with E-state index >= 15 is 0 Å². The molecule has 0 amide bonds. The molecule has 1 spiro atoms. The van der Waals surface area contributed by atoms with Gasteiger partial charge in [-0.15, -0.1) is 0 Å². The Kier molecular flexibility index (Phi) is 3.70. The Bertz CT molecular complexity index is 686. The predicted octanol–water partition coefficient (Wildman–Crippen LogP) is 1.83. The van der Waals surface area contributed by atoms with Crippen LogP contribution in [0.15, 0.2) is 30.6 Å². The standard InChI is InChI=1S/C18H25N5/c1-15-4-3-5-17(20-15)11-23-13-18(14-23)6-7-22(12-18)10-16-8-19-21(2)9-16/h3-5,8-9H,6-7,10-14H2,1-2H3. The summed E-state index contributed by atoms with van der Waals surface area (Å²) in [6, 6.07) is 6.31. The number of nitrogens with zero attached hydrogens (tertiary/aromatic N) is 5. The number of aromatic nitrogens is 3. The maximum Gasteiger partial charge on any atom is 0.0547 e. The van der Waals surface area contributed by atoms with Gasteiger partial charge in [0.15, 0.2) is 0 Å². The van der Waals surface area contributed by atoms with E-state index in [9.17, 15) is 0 Å². The van der Waals surface area contributed by atoms with E-state index in [-0.39, 0.29) is 0 Å². The number of hydrogen-bond acceptors (Lipinski definition) is 4. The molecule has 0 unspecified atom stereocenters. The van der Waals surface area contributed by atoms with Gasteiger partial charge in [0.2, 0.25) is 0 Å². The third kappa shape index (κ3) is 3.16. The van der Waals surface area contributed by atoms with Crippen molar-refractivity contribution in [2.24, 2.45) is 12.5 Å². The van der Waals surface area contributed by atoms with E-state index in [1.165, 1.54) is 43.9 Å². The molecule has 23 heavy (non-hydrogen) atoms. The fraction of sp³-hybridized carbons (Fsp3) is 0.556. The van der Waals surface area contributed by atoms with Crippen molar-refractivity contribution in [1.29, 1.82) is 0 Å². The molecule has 4 heterocycles. The lowest BCUT2D eigenvalue weighted by molar-refractivity contribution is 0.000737. The molecule has 0 radical (unpaired) electrons. The molecule has 0 aromatic carbocycles. The van der Waals surface area contributed by atoms with Crippen molar-refractivity contribution in [2.45, 2.75) is 26.4 Å². The van der Waals surface area contributed by atoms with Crippen LogP contribution in [0.4, 0.5) is 0 Å². The zero-order valence-electron chi connectivity index (χ0n) is 14.1. The molecular formula is C18H25N5. The Morgan fingerprint density at radius 1 is 1.13 bits per heavy atom. The summed E-state index contributed by atoms with van der Waals surface area (Å²) in [6.07, 6.45) is 5.44. The van der Waals surface area contributed by atoms with Crippen LogP contribution in [0.1, 0.15) is 23.4 Å². The summed E-state index contributed by atoms with van der Waals surface area (Å²) in [5.74, 6) is 0. The summed E-state index contributed by atoms with van der Waals surface area (Å²) in [5, 5.41) is 4.27. The Labute approximate surface area is 137 Å². The van der Waals surface area contributed by atoms with Gasteiger partial charge in [0.05, 0.1) is 11.9 Å². The first-order valence-electron chi connectivity index (χ1n) is 8.45. The predicted molar refractivity (Wildman–Crippen MR) is 89.8 cm³/mol. The van der Waals surface area contributed by atoms with Crippen molar-refractivity contribution in [2.75, 3.05) is 26.2 Å². The van der Waals surface area contributed by atoms with Gasteiger partial charge in [-0.1, -0.05) is 6.07 Å². The number of aryl methyl sites for hydroxylation is 2. The molecule has 122 valence electrons. The molecule has 4 rings (SSSR count). The summed E-state index contributed by atoms with van der Waals surface area (Å²) in [4.78, 5) is 9.74. The van der Waals surface area contributed by atoms with Gasteiger partial charge in [-0.05, 0) is 32.0 Å². The van der Waals surface area contributed by atoms with Crippen LogP contribution >= 0.6 is 0 Å². The summed E-state index contributed by atoms with van der Waals surface area (Å²) in [7, 11) is 1.98. The van der Waals surface area contributed by atoms with Crippen LogP contribution < -0.4 is 0 Å². The van der Waals surface area contributed by atoms with Crippen molar-refractivity contribution >= 4 is 0 Å². The van der Waals surface area contributed by atoms with E-state index < -0.39 is 0 Å².